The summed E-state index contributed by atoms with van der Waals surface area (Å²) < 4.78 is 0. The molecule has 0 bridgehead atoms. The zero-order chi connectivity index (χ0) is 15.3. The highest BCUT2D eigenvalue weighted by atomic mass is 15.3. The first-order valence-electron chi connectivity index (χ1n) is 6.92. The maximum absolute atomic E-state index is 4.39. The van der Waals surface area contributed by atoms with Gasteiger partial charge < -0.3 is 10.6 Å². The van der Waals surface area contributed by atoms with Crippen LogP contribution in [0, 0.1) is 0 Å². The highest BCUT2D eigenvalue weighted by Crippen LogP contribution is 2.30. The van der Waals surface area contributed by atoms with Crippen LogP contribution in [0.2, 0.25) is 0 Å². The van der Waals surface area contributed by atoms with Crippen molar-refractivity contribution in [2.24, 2.45) is 0 Å². The van der Waals surface area contributed by atoms with Crippen LogP contribution in [0.3, 0.4) is 0 Å². The first-order chi connectivity index (χ1) is 10.0. The molecule has 0 unspecified atom stereocenters. The molecule has 0 amide bonds. The summed E-state index contributed by atoms with van der Waals surface area (Å²) in [5.41, 5.74) is 2.24. The Morgan fingerprint density at radius 2 is 2.00 bits per heavy atom. The van der Waals surface area contributed by atoms with Gasteiger partial charge in [-0.15, -0.1) is 11.7 Å². The molecule has 0 saturated carbocycles. The second-order valence-corrected chi connectivity index (χ2v) is 5.76. The van der Waals surface area contributed by atoms with Gasteiger partial charge in [0.05, 0.1) is 6.20 Å². The summed E-state index contributed by atoms with van der Waals surface area (Å²) in [4.78, 5) is 4.39. The Bertz CT molecular complexity index is 616. The van der Waals surface area contributed by atoms with Crippen LogP contribution >= 0.6 is 0 Å². The SMILES string of the molecule is C=CCNc1cnnc(Nc2ccccc2C(C)(C)C)n1. The standard InChI is InChI=1S/C16H21N5/c1-5-10-17-14-11-18-21-15(20-14)19-13-9-7-6-8-12(13)16(2,3)4/h5-9,11H,1,10H2,2-4H3,(H2,17,19,20,21). The fraction of sp³-hybridized carbons (Fsp3) is 0.312. The molecule has 21 heavy (non-hydrogen) atoms. The van der Waals surface area contributed by atoms with Gasteiger partial charge >= 0.3 is 0 Å². The number of benzene rings is 1. The molecule has 5 nitrogen and oxygen atoms in total. The lowest BCUT2D eigenvalue weighted by atomic mass is 9.86. The first-order valence-corrected chi connectivity index (χ1v) is 6.92. The summed E-state index contributed by atoms with van der Waals surface area (Å²) in [5.74, 6) is 1.14. The summed E-state index contributed by atoms with van der Waals surface area (Å²) in [6, 6.07) is 8.15. The Morgan fingerprint density at radius 3 is 2.71 bits per heavy atom. The maximum atomic E-state index is 4.39. The molecule has 0 saturated heterocycles. The van der Waals surface area contributed by atoms with E-state index in [0.29, 0.717) is 18.3 Å². The fourth-order valence-corrected chi connectivity index (χ4v) is 1.99. The van der Waals surface area contributed by atoms with E-state index in [1.165, 1.54) is 5.56 Å². The van der Waals surface area contributed by atoms with Crippen LogP contribution in [-0.2, 0) is 5.41 Å². The molecule has 1 aromatic carbocycles. The van der Waals surface area contributed by atoms with Gasteiger partial charge in [-0.2, -0.15) is 10.1 Å². The quantitative estimate of drug-likeness (QED) is 0.822. The third kappa shape index (κ3) is 4.02. The normalized spacial score (nSPS) is 11.0. The lowest BCUT2D eigenvalue weighted by Gasteiger charge is -2.22. The van der Waals surface area contributed by atoms with Gasteiger partial charge in [-0.05, 0) is 17.0 Å². The molecule has 0 spiro atoms. The summed E-state index contributed by atoms with van der Waals surface area (Å²) in [6.45, 7) is 10.8. The largest absolute Gasteiger partial charge is 0.365 e. The molecule has 1 aromatic heterocycles. The molecule has 2 N–H and O–H groups in total. The molecule has 0 aliphatic carbocycles. The van der Waals surface area contributed by atoms with Gasteiger partial charge in [0.15, 0.2) is 5.82 Å². The van der Waals surface area contributed by atoms with Crippen molar-refractivity contribution in [2.45, 2.75) is 26.2 Å². The van der Waals surface area contributed by atoms with Crippen LogP contribution in [0.1, 0.15) is 26.3 Å². The van der Waals surface area contributed by atoms with Crippen molar-refractivity contribution in [3.8, 4) is 0 Å². The first kappa shape index (κ1) is 15.0. The number of aromatic nitrogens is 3. The average molecular weight is 283 g/mol. The number of nitrogens with one attached hydrogen (secondary N) is 2. The van der Waals surface area contributed by atoms with Gasteiger partial charge in [0.1, 0.15) is 0 Å². The Balaban J connectivity index is 2.24. The van der Waals surface area contributed by atoms with E-state index in [4.69, 9.17) is 0 Å². The Hall–Kier alpha value is -2.43. The second-order valence-electron chi connectivity index (χ2n) is 5.76. The number of rotatable bonds is 5. The molecular formula is C16H21N5. The van der Waals surface area contributed by atoms with Crippen LogP contribution in [0.4, 0.5) is 17.5 Å². The van der Waals surface area contributed by atoms with Crippen molar-refractivity contribution < 1.29 is 0 Å². The Kier molecular flexibility index (Phi) is 4.52. The van der Waals surface area contributed by atoms with Gasteiger partial charge in [0.25, 0.3) is 0 Å². The second kappa shape index (κ2) is 6.35. The molecule has 110 valence electrons. The van der Waals surface area contributed by atoms with Crippen LogP contribution in [0.25, 0.3) is 0 Å². The minimum atomic E-state index is 0.0374. The number of nitrogens with zero attached hydrogens (tertiary/aromatic N) is 3. The fourth-order valence-electron chi connectivity index (χ4n) is 1.99. The maximum Gasteiger partial charge on any atom is 0.249 e. The van der Waals surface area contributed by atoms with Crippen LogP contribution in [0.5, 0.6) is 0 Å². The summed E-state index contributed by atoms with van der Waals surface area (Å²) in [6.07, 6.45) is 3.36. The van der Waals surface area contributed by atoms with Crippen molar-refractivity contribution in [1.82, 2.24) is 15.2 Å². The zero-order valence-electron chi connectivity index (χ0n) is 12.7. The molecule has 5 heteroatoms. The van der Waals surface area contributed by atoms with Crippen molar-refractivity contribution in [1.29, 1.82) is 0 Å². The van der Waals surface area contributed by atoms with Crippen LogP contribution in [-0.4, -0.2) is 21.7 Å². The van der Waals surface area contributed by atoms with Gasteiger partial charge in [0.2, 0.25) is 5.95 Å². The summed E-state index contributed by atoms with van der Waals surface area (Å²) in [5, 5.41) is 14.3. The molecule has 1 heterocycles. The lowest BCUT2D eigenvalue weighted by Crippen LogP contribution is -2.14. The highest BCUT2D eigenvalue weighted by molar-refractivity contribution is 5.60. The predicted octanol–water partition coefficient (Wildman–Crippen LogP) is 3.51. The molecule has 0 aliphatic rings. The molecule has 0 radical (unpaired) electrons. The third-order valence-electron chi connectivity index (χ3n) is 2.97. The molecule has 0 fully saturated rings. The zero-order valence-corrected chi connectivity index (χ0v) is 12.7. The predicted molar refractivity (Wildman–Crippen MR) is 86.9 cm³/mol. The summed E-state index contributed by atoms with van der Waals surface area (Å²) >= 11 is 0. The Labute approximate surface area is 125 Å². The molecular weight excluding hydrogens is 262 g/mol. The van der Waals surface area contributed by atoms with Crippen LogP contribution < -0.4 is 10.6 Å². The van der Waals surface area contributed by atoms with Crippen molar-refractivity contribution in [3.63, 3.8) is 0 Å². The topological polar surface area (TPSA) is 62.7 Å². The van der Waals surface area contributed by atoms with E-state index in [9.17, 15) is 0 Å². The smallest absolute Gasteiger partial charge is 0.249 e. The minimum absolute atomic E-state index is 0.0374. The van der Waals surface area contributed by atoms with E-state index in [2.05, 4.69) is 59.2 Å². The van der Waals surface area contributed by atoms with E-state index < -0.39 is 0 Å². The van der Waals surface area contributed by atoms with Crippen molar-refractivity contribution in [2.75, 3.05) is 17.2 Å². The average Bonchev–Trinajstić information content (AvgIpc) is 2.45. The molecule has 0 aliphatic heterocycles. The van der Waals surface area contributed by atoms with E-state index >= 15 is 0 Å². The van der Waals surface area contributed by atoms with E-state index in [0.717, 1.165) is 5.69 Å². The number of anilines is 3. The summed E-state index contributed by atoms with van der Waals surface area (Å²) in [7, 11) is 0. The van der Waals surface area contributed by atoms with E-state index in [1.54, 1.807) is 12.3 Å². The number of hydrogen-bond donors (Lipinski definition) is 2. The monoisotopic (exact) mass is 283 g/mol. The van der Waals surface area contributed by atoms with Gasteiger partial charge in [0, 0.05) is 12.2 Å². The number of hydrogen-bond acceptors (Lipinski definition) is 5. The lowest BCUT2D eigenvalue weighted by molar-refractivity contribution is 0.592. The molecule has 0 atom stereocenters. The van der Waals surface area contributed by atoms with Crippen LogP contribution in [0.15, 0.2) is 43.1 Å². The van der Waals surface area contributed by atoms with Gasteiger partial charge in [-0.3, -0.25) is 0 Å². The Morgan fingerprint density at radius 1 is 1.24 bits per heavy atom. The van der Waals surface area contributed by atoms with E-state index in [1.807, 2.05) is 18.2 Å². The molecule has 2 aromatic rings. The molecule has 2 rings (SSSR count). The highest BCUT2D eigenvalue weighted by Gasteiger charge is 2.17. The van der Waals surface area contributed by atoms with Gasteiger partial charge in [-0.25, -0.2) is 0 Å². The minimum Gasteiger partial charge on any atom is -0.365 e. The van der Waals surface area contributed by atoms with Crippen molar-refractivity contribution >= 4 is 17.5 Å². The van der Waals surface area contributed by atoms with Crippen molar-refractivity contribution in [3.05, 3.63) is 48.7 Å². The van der Waals surface area contributed by atoms with Gasteiger partial charge in [-0.1, -0.05) is 45.0 Å². The van der Waals surface area contributed by atoms with E-state index in [-0.39, 0.29) is 5.41 Å². The third-order valence-corrected chi connectivity index (χ3v) is 2.97. The number of para-hydroxylation sites is 1.